The highest BCUT2D eigenvalue weighted by molar-refractivity contribution is 5.75. The second-order valence-electron chi connectivity index (χ2n) is 11.9. The molecule has 3 N–H and O–H groups in total. The minimum absolute atomic E-state index is 0.0188. The van der Waals surface area contributed by atoms with E-state index in [1.54, 1.807) is 0 Å². The minimum atomic E-state index is -0.0558. The van der Waals surface area contributed by atoms with Crippen molar-refractivity contribution in [2.75, 3.05) is 13.2 Å². The summed E-state index contributed by atoms with van der Waals surface area (Å²) < 4.78 is 0. The molecule has 0 aromatic rings. The highest BCUT2D eigenvalue weighted by Crippen LogP contribution is 2.68. The van der Waals surface area contributed by atoms with Gasteiger partial charge in [0.15, 0.2) is 0 Å². The van der Waals surface area contributed by atoms with Gasteiger partial charge in [-0.1, -0.05) is 20.8 Å². The fourth-order valence-corrected chi connectivity index (χ4v) is 9.05. The largest absolute Gasteiger partial charge is 0.395 e. The van der Waals surface area contributed by atoms with E-state index >= 15 is 0 Å². The van der Waals surface area contributed by atoms with E-state index in [0.29, 0.717) is 29.7 Å². The van der Waals surface area contributed by atoms with Gasteiger partial charge in [0.05, 0.1) is 12.7 Å². The van der Waals surface area contributed by atoms with Crippen LogP contribution in [0.4, 0.5) is 0 Å². The van der Waals surface area contributed by atoms with Crippen molar-refractivity contribution in [3.05, 3.63) is 0 Å². The quantitative estimate of drug-likeness (QED) is 0.592. The summed E-state index contributed by atoms with van der Waals surface area (Å²) in [4.78, 5) is 12.0. The average molecular weight is 420 g/mol. The maximum Gasteiger partial charge on any atom is 0.220 e. The molecule has 9 atom stereocenters. The van der Waals surface area contributed by atoms with E-state index < -0.39 is 0 Å². The molecule has 4 aliphatic rings. The van der Waals surface area contributed by atoms with Gasteiger partial charge in [-0.2, -0.15) is 0 Å². The number of carbonyl (C=O) groups is 1. The number of hydrogen-bond acceptors (Lipinski definition) is 3. The fraction of sp³-hybridized carbons (Fsp3) is 0.962. The molecule has 0 spiro atoms. The lowest BCUT2D eigenvalue weighted by atomic mass is 9.44. The molecule has 1 amide bonds. The van der Waals surface area contributed by atoms with Gasteiger partial charge < -0.3 is 15.5 Å². The summed E-state index contributed by atoms with van der Waals surface area (Å²) in [5.41, 5.74) is 0.900. The number of fused-ring (bicyclic) bond motifs is 5. The van der Waals surface area contributed by atoms with Crippen molar-refractivity contribution in [2.24, 2.45) is 46.3 Å². The standard InChI is InChI=1S/C26H45NO3/c1-17(4-9-24(30)27-14-15-28)21-7-8-22-20-6-5-18-16-19(29)10-12-25(18,2)23(20)11-13-26(21,22)3/h17-23,28-29H,4-16H2,1-3H3,(H,27,30)/t17-,18+,19+,20+,21-,22-,23+,25-,26+/m0/s1. The second-order valence-corrected chi connectivity index (χ2v) is 11.9. The molecule has 0 radical (unpaired) electrons. The number of hydrogen-bond donors (Lipinski definition) is 3. The Morgan fingerprint density at radius 3 is 2.53 bits per heavy atom. The van der Waals surface area contributed by atoms with Gasteiger partial charge in [-0.05, 0) is 111 Å². The first-order valence-electron chi connectivity index (χ1n) is 12.8. The van der Waals surface area contributed by atoms with E-state index in [1.807, 2.05) is 0 Å². The molecular formula is C26H45NO3. The van der Waals surface area contributed by atoms with Crippen LogP contribution in [0.3, 0.4) is 0 Å². The van der Waals surface area contributed by atoms with E-state index in [-0.39, 0.29) is 18.6 Å². The average Bonchev–Trinajstić information content (AvgIpc) is 3.08. The summed E-state index contributed by atoms with van der Waals surface area (Å²) >= 11 is 0. The van der Waals surface area contributed by atoms with Gasteiger partial charge in [-0.15, -0.1) is 0 Å². The molecule has 0 aromatic carbocycles. The third kappa shape index (κ3) is 3.85. The summed E-state index contributed by atoms with van der Waals surface area (Å²) in [5.74, 6) is 4.76. The third-order valence-electron chi connectivity index (χ3n) is 10.7. The molecule has 4 aliphatic carbocycles. The van der Waals surface area contributed by atoms with E-state index in [0.717, 1.165) is 48.9 Å². The van der Waals surface area contributed by atoms with Crippen LogP contribution in [0.5, 0.6) is 0 Å². The summed E-state index contributed by atoms with van der Waals surface area (Å²) in [6.45, 7) is 7.93. The molecule has 0 unspecified atom stereocenters. The number of amides is 1. The molecule has 0 heterocycles. The monoisotopic (exact) mass is 419 g/mol. The molecule has 0 aliphatic heterocycles. The first kappa shape index (κ1) is 22.6. The van der Waals surface area contributed by atoms with Crippen molar-refractivity contribution in [3.63, 3.8) is 0 Å². The lowest BCUT2D eigenvalue weighted by Gasteiger charge is -2.61. The fourth-order valence-electron chi connectivity index (χ4n) is 9.05. The first-order valence-corrected chi connectivity index (χ1v) is 12.8. The summed E-state index contributed by atoms with van der Waals surface area (Å²) in [6.07, 6.45) is 12.9. The minimum Gasteiger partial charge on any atom is -0.395 e. The van der Waals surface area contributed by atoms with Crippen LogP contribution in [-0.4, -0.2) is 35.4 Å². The second kappa shape index (κ2) is 8.73. The van der Waals surface area contributed by atoms with E-state index in [9.17, 15) is 9.90 Å². The Morgan fingerprint density at radius 2 is 1.77 bits per heavy atom. The lowest BCUT2D eigenvalue weighted by molar-refractivity contribution is -0.129. The highest BCUT2D eigenvalue weighted by atomic mass is 16.3. The van der Waals surface area contributed by atoms with Crippen molar-refractivity contribution < 1.29 is 15.0 Å². The number of aliphatic hydroxyl groups excluding tert-OH is 2. The summed E-state index contributed by atoms with van der Waals surface area (Å²) in [6, 6.07) is 0. The van der Waals surface area contributed by atoms with Crippen molar-refractivity contribution in [1.82, 2.24) is 5.32 Å². The van der Waals surface area contributed by atoms with Gasteiger partial charge in [0, 0.05) is 13.0 Å². The molecule has 30 heavy (non-hydrogen) atoms. The Bertz CT molecular complexity index is 623. The number of rotatable bonds is 6. The van der Waals surface area contributed by atoms with E-state index in [2.05, 4.69) is 26.1 Å². The molecule has 172 valence electrons. The van der Waals surface area contributed by atoms with Crippen molar-refractivity contribution in [2.45, 2.75) is 97.5 Å². The van der Waals surface area contributed by atoms with E-state index in [1.165, 1.54) is 44.9 Å². The maximum absolute atomic E-state index is 12.0. The van der Waals surface area contributed by atoms with Crippen LogP contribution in [0, 0.1) is 46.3 Å². The van der Waals surface area contributed by atoms with Crippen LogP contribution in [0.2, 0.25) is 0 Å². The van der Waals surface area contributed by atoms with Gasteiger partial charge in [0.2, 0.25) is 5.91 Å². The van der Waals surface area contributed by atoms with Gasteiger partial charge in [0.1, 0.15) is 0 Å². The summed E-state index contributed by atoms with van der Waals surface area (Å²) in [7, 11) is 0. The van der Waals surface area contributed by atoms with Gasteiger partial charge >= 0.3 is 0 Å². The maximum atomic E-state index is 12.0. The lowest BCUT2D eigenvalue weighted by Crippen LogP contribution is -2.54. The van der Waals surface area contributed by atoms with Crippen LogP contribution in [0.15, 0.2) is 0 Å². The first-order chi connectivity index (χ1) is 14.3. The predicted octanol–water partition coefficient (Wildman–Crippen LogP) is 4.53. The Morgan fingerprint density at radius 1 is 1.03 bits per heavy atom. The van der Waals surface area contributed by atoms with Crippen LogP contribution in [0.1, 0.15) is 91.4 Å². The molecular weight excluding hydrogens is 374 g/mol. The predicted molar refractivity (Wildman–Crippen MR) is 120 cm³/mol. The molecule has 4 fully saturated rings. The van der Waals surface area contributed by atoms with Crippen LogP contribution in [0.25, 0.3) is 0 Å². The van der Waals surface area contributed by atoms with Crippen LogP contribution < -0.4 is 5.32 Å². The van der Waals surface area contributed by atoms with Gasteiger partial charge in [-0.3, -0.25) is 4.79 Å². The summed E-state index contributed by atoms with van der Waals surface area (Å²) in [5, 5.41) is 21.9. The Labute approximate surface area is 183 Å². The molecule has 4 saturated carbocycles. The molecule has 4 heteroatoms. The zero-order valence-corrected chi connectivity index (χ0v) is 19.5. The third-order valence-corrected chi connectivity index (χ3v) is 10.7. The van der Waals surface area contributed by atoms with Crippen molar-refractivity contribution in [3.8, 4) is 0 Å². The Balaban J connectivity index is 1.42. The topological polar surface area (TPSA) is 69.6 Å². The number of nitrogens with one attached hydrogen (secondary N) is 1. The number of aliphatic hydroxyl groups is 2. The smallest absolute Gasteiger partial charge is 0.220 e. The van der Waals surface area contributed by atoms with Crippen molar-refractivity contribution in [1.29, 1.82) is 0 Å². The van der Waals surface area contributed by atoms with Crippen LogP contribution >= 0.6 is 0 Å². The van der Waals surface area contributed by atoms with Gasteiger partial charge in [-0.25, -0.2) is 0 Å². The van der Waals surface area contributed by atoms with Gasteiger partial charge in [0.25, 0.3) is 0 Å². The SMILES string of the molecule is C[C@@H](CCC(=O)NCCO)[C@@H]1CC[C@H]2[C@H]3CC[C@@H]4C[C@H](O)CC[C@]4(C)[C@@H]3CC[C@@]21C. The molecule has 0 aromatic heterocycles. The molecule has 4 rings (SSSR count). The molecule has 0 saturated heterocycles. The Kier molecular flexibility index (Phi) is 6.57. The number of carbonyl (C=O) groups excluding carboxylic acids is 1. The zero-order chi connectivity index (χ0) is 21.5. The normalized spacial score (nSPS) is 46.4. The van der Waals surface area contributed by atoms with E-state index in [4.69, 9.17) is 5.11 Å². The highest BCUT2D eigenvalue weighted by Gasteiger charge is 2.60. The van der Waals surface area contributed by atoms with Crippen LogP contribution in [-0.2, 0) is 4.79 Å². The zero-order valence-electron chi connectivity index (χ0n) is 19.5. The molecule has 4 nitrogen and oxygen atoms in total. The Hall–Kier alpha value is -0.610. The van der Waals surface area contributed by atoms with Crippen molar-refractivity contribution >= 4 is 5.91 Å². The molecule has 0 bridgehead atoms.